The second kappa shape index (κ2) is 4.99. The molecule has 1 aromatic rings. The van der Waals surface area contributed by atoms with E-state index >= 15 is 0 Å². The molecule has 0 aromatic heterocycles. The molecule has 1 heterocycles. The van der Waals surface area contributed by atoms with Gasteiger partial charge in [0.05, 0.1) is 12.6 Å². The number of carbonyl (C=O) groups excluding carboxylic acids is 1. The standard InChI is InChI=1S/C12H16N2O2/c15-9-11-7-4-8-14(11)12(16)13-10-5-2-1-3-6-10/h1-3,5-6,11,15H,4,7-9H2,(H,13,16). The Morgan fingerprint density at radius 1 is 1.44 bits per heavy atom. The van der Waals surface area contributed by atoms with Crippen LogP contribution in [0.15, 0.2) is 30.3 Å². The number of para-hydroxylation sites is 1. The van der Waals surface area contributed by atoms with Gasteiger partial charge in [0.25, 0.3) is 0 Å². The van der Waals surface area contributed by atoms with E-state index < -0.39 is 0 Å². The summed E-state index contributed by atoms with van der Waals surface area (Å²) >= 11 is 0. The number of amides is 2. The van der Waals surface area contributed by atoms with Crippen LogP contribution < -0.4 is 5.32 Å². The summed E-state index contributed by atoms with van der Waals surface area (Å²) in [5, 5.41) is 12.0. The van der Waals surface area contributed by atoms with Crippen molar-refractivity contribution in [1.82, 2.24) is 4.90 Å². The third kappa shape index (κ3) is 2.33. The SMILES string of the molecule is O=C(Nc1ccccc1)N1CCCC1CO. The van der Waals surface area contributed by atoms with Crippen LogP contribution in [0.1, 0.15) is 12.8 Å². The van der Waals surface area contributed by atoms with Gasteiger partial charge >= 0.3 is 6.03 Å². The van der Waals surface area contributed by atoms with Crippen molar-refractivity contribution >= 4 is 11.7 Å². The summed E-state index contributed by atoms with van der Waals surface area (Å²) in [6, 6.07) is 9.21. The molecule has 0 aliphatic carbocycles. The molecule has 0 bridgehead atoms. The Kier molecular flexibility index (Phi) is 3.41. The highest BCUT2D eigenvalue weighted by Crippen LogP contribution is 2.18. The van der Waals surface area contributed by atoms with Crippen LogP contribution in [-0.2, 0) is 0 Å². The number of carbonyl (C=O) groups is 1. The molecule has 1 atom stereocenters. The van der Waals surface area contributed by atoms with Crippen LogP contribution in [0.4, 0.5) is 10.5 Å². The van der Waals surface area contributed by atoms with Crippen LogP contribution in [0, 0.1) is 0 Å². The fourth-order valence-electron chi connectivity index (χ4n) is 2.01. The molecule has 2 N–H and O–H groups in total. The molecule has 16 heavy (non-hydrogen) atoms. The van der Waals surface area contributed by atoms with Crippen LogP contribution >= 0.6 is 0 Å². The molecule has 86 valence electrons. The summed E-state index contributed by atoms with van der Waals surface area (Å²) in [7, 11) is 0. The van der Waals surface area contributed by atoms with Crippen molar-refractivity contribution in [3.8, 4) is 0 Å². The zero-order chi connectivity index (χ0) is 11.4. The van der Waals surface area contributed by atoms with Gasteiger partial charge in [-0.1, -0.05) is 18.2 Å². The molecule has 0 spiro atoms. The minimum atomic E-state index is -0.122. The lowest BCUT2D eigenvalue weighted by atomic mass is 10.2. The molecule has 1 saturated heterocycles. The van der Waals surface area contributed by atoms with E-state index in [2.05, 4.69) is 5.32 Å². The van der Waals surface area contributed by atoms with Crippen molar-refractivity contribution in [2.75, 3.05) is 18.5 Å². The molecule has 1 aliphatic rings. The van der Waals surface area contributed by atoms with Crippen LogP contribution in [-0.4, -0.2) is 35.2 Å². The maximum atomic E-state index is 11.9. The smallest absolute Gasteiger partial charge is 0.322 e. The summed E-state index contributed by atoms with van der Waals surface area (Å²) in [4.78, 5) is 13.6. The molecule has 1 fully saturated rings. The number of aliphatic hydroxyl groups excluding tert-OH is 1. The van der Waals surface area contributed by atoms with Crippen LogP contribution in [0.2, 0.25) is 0 Å². The largest absolute Gasteiger partial charge is 0.394 e. The Labute approximate surface area is 94.9 Å². The van der Waals surface area contributed by atoms with Gasteiger partial charge in [-0.05, 0) is 25.0 Å². The van der Waals surface area contributed by atoms with Crippen LogP contribution in [0.25, 0.3) is 0 Å². The average molecular weight is 220 g/mol. The van der Waals surface area contributed by atoms with Crippen LogP contribution in [0.3, 0.4) is 0 Å². The molecule has 1 unspecified atom stereocenters. The lowest BCUT2D eigenvalue weighted by Crippen LogP contribution is -2.40. The highest BCUT2D eigenvalue weighted by molar-refractivity contribution is 5.89. The van der Waals surface area contributed by atoms with E-state index in [9.17, 15) is 4.79 Å². The van der Waals surface area contributed by atoms with E-state index in [0.29, 0.717) is 0 Å². The predicted octanol–water partition coefficient (Wildman–Crippen LogP) is 1.68. The first-order valence-electron chi connectivity index (χ1n) is 5.55. The quantitative estimate of drug-likeness (QED) is 0.796. The molecular weight excluding hydrogens is 204 g/mol. The third-order valence-electron chi connectivity index (χ3n) is 2.87. The zero-order valence-corrected chi connectivity index (χ0v) is 9.10. The maximum Gasteiger partial charge on any atom is 0.322 e. The topological polar surface area (TPSA) is 52.6 Å². The molecule has 4 heteroatoms. The third-order valence-corrected chi connectivity index (χ3v) is 2.87. The van der Waals surface area contributed by atoms with Gasteiger partial charge in [0.1, 0.15) is 0 Å². The zero-order valence-electron chi connectivity index (χ0n) is 9.10. The lowest BCUT2D eigenvalue weighted by Gasteiger charge is -2.23. The molecular formula is C12H16N2O2. The van der Waals surface area contributed by atoms with E-state index in [1.54, 1.807) is 4.90 Å². The van der Waals surface area contributed by atoms with E-state index in [1.165, 1.54) is 0 Å². The number of urea groups is 1. The van der Waals surface area contributed by atoms with Crippen molar-refractivity contribution in [2.24, 2.45) is 0 Å². The number of rotatable bonds is 2. The van der Waals surface area contributed by atoms with Gasteiger partial charge < -0.3 is 15.3 Å². The number of anilines is 1. The minimum Gasteiger partial charge on any atom is -0.394 e. The van der Waals surface area contributed by atoms with Gasteiger partial charge in [0, 0.05) is 12.2 Å². The molecule has 1 aliphatic heterocycles. The molecule has 4 nitrogen and oxygen atoms in total. The second-order valence-electron chi connectivity index (χ2n) is 3.97. The maximum absolute atomic E-state index is 11.9. The fourth-order valence-corrected chi connectivity index (χ4v) is 2.01. The number of hydrogen-bond donors (Lipinski definition) is 2. The van der Waals surface area contributed by atoms with Gasteiger partial charge in [0.15, 0.2) is 0 Å². The van der Waals surface area contributed by atoms with Crippen molar-refractivity contribution in [2.45, 2.75) is 18.9 Å². The van der Waals surface area contributed by atoms with E-state index in [4.69, 9.17) is 5.11 Å². The van der Waals surface area contributed by atoms with E-state index in [1.807, 2.05) is 30.3 Å². The number of benzene rings is 1. The van der Waals surface area contributed by atoms with Crippen LogP contribution in [0.5, 0.6) is 0 Å². The predicted molar refractivity (Wildman–Crippen MR) is 62.3 cm³/mol. The van der Waals surface area contributed by atoms with Gasteiger partial charge in [-0.2, -0.15) is 0 Å². The summed E-state index contributed by atoms with van der Waals surface area (Å²) in [5.41, 5.74) is 0.788. The molecule has 0 radical (unpaired) electrons. The highest BCUT2D eigenvalue weighted by atomic mass is 16.3. The van der Waals surface area contributed by atoms with Gasteiger partial charge in [-0.3, -0.25) is 0 Å². The fraction of sp³-hybridized carbons (Fsp3) is 0.417. The lowest BCUT2D eigenvalue weighted by molar-refractivity contribution is 0.166. The first kappa shape index (κ1) is 11.0. The summed E-state index contributed by atoms with van der Waals surface area (Å²) in [5.74, 6) is 0. The summed E-state index contributed by atoms with van der Waals surface area (Å²) < 4.78 is 0. The molecule has 1 aromatic carbocycles. The van der Waals surface area contributed by atoms with E-state index in [-0.39, 0.29) is 18.7 Å². The summed E-state index contributed by atoms with van der Waals surface area (Å²) in [6.45, 7) is 0.770. The minimum absolute atomic E-state index is 0.0243. The Morgan fingerprint density at radius 2 is 2.19 bits per heavy atom. The first-order valence-corrected chi connectivity index (χ1v) is 5.55. The number of hydrogen-bond acceptors (Lipinski definition) is 2. The Hall–Kier alpha value is -1.55. The monoisotopic (exact) mass is 220 g/mol. The Bertz CT molecular complexity index is 353. The number of nitrogens with zero attached hydrogens (tertiary/aromatic N) is 1. The molecule has 0 saturated carbocycles. The second-order valence-corrected chi connectivity index (χ2v) is 3.97. The first-order chi connectivity index (χ1) is 7.81. The van der Waals surface area contributed by atoms with Gasteiger partial charge in [-0.15, -0.1) is 0 Å². The Balaban J connectivity index is 1.98. The number of aliphatic hydroxyl groups is 1. The number of nitrogens with one attached hydrogen (secondary N) is 1. The van der Waals surface area contributed by atoms with Crippen molar-refractivity contribution in [3.05, 3.63) is 30.3 Å². The molecule has 2 amide bonds. The number of likely N-dealkylation sites (tertiary alicyclic amines) is 1. The van der Waals surface area contributed by atoms with Gasteiger partial charge in [-0.25, -0.2) is 4.79 Å². The van der Waals surface area contributed by atoms with Crippen molar-refractivity contribution < 1.29 is 9.90 Å². The normalized spacial score (nSPS) is 19.8. The molecule has 2 rings (SSSR count). The van der Waals surface area contributed by atoms with E-state index in [0.717, 1.165) is 25.1 Å². The van der Waals surface area contributed by atoms with Crippen molar-refractivity contribution in [1.29, 1.82) is 0 Å². The summed E-state index contributed by atoms with van der Waals surface area (Å²) in [6.07, 6.45) is 1.85. The van der Waals surface area contributed by atoms with Crippen molar-refractivity contribution in [3.63, 3.8) is 0 Å². The van der Waals surface area contributed by atoms with Gasteiger partial charge in [0.2, 0.25) is 0 Å². The average Bonchev–Trinajstić information content (AvgIpc) is 2.78. The highest BCUT2D eigenvalue weighted by Gasteiger charge is 2.27. The Morgan fingerprint density at radius 3 is 2.88 bits per heavy atom.